The molecule has 2 unspecified atom stereocenters. The zero-order chi connectivity index (χ0) is 11.1. The van der Waals surface area contributed by atoms with Gasteiger partial charge in [-0.2, -0.15) is 0 Å². The molecule has 0 aromatic carbocycles. The average Bonchev–Trinajstić information content (AvgIpc) is 2.25. The van der Waals surface area contributed by atoms with Crippen molar-refractivity contribution in [2.75, 3.05) is 20.3 Å². The van der Waals surface area contributed by atoms with Gasteiger partial charge in [-0.1, -0.05) is 12.8 Å². The molecule has 4 heteroatoms. The first kappa shape index (κ1) is 12.5. The van der Waals surface area contributed by atoms with Gasteiger partial charge in [-0.3, -0.25) is 4.79 Å². The Morgan fingerprint density at radius 1 is 1.47 bits per heavy atom. The first-order valence-electron chi connectivity index (χ1n) is 5.78. The van der Waals surface area contributed by atoms with Gasteiger partial charge in [0.25, 0.3) is 0 Å². The van der Waals surface area contributed by atoms with Crippen LogP contribution in [0.2, 0.25) is 0 Å². The molecule has 0 bridgehead atoms. The van der Waals surface area contributed by atoms with Crippen LogP contribution in [0.5, 0.6) is 0 Å². The third kappa shape index (κ3) is 4.18. The molecule has 4 nitrogen and oxygen atoms in total. The van der Waals surface area contributed by atoms with Crippen molar-refractivity contribution in [3.05, 3.63) is 0 Å². The highest BCUT2D eigenvalue weighted by atomic mass is 16.5. The molecule has 0 spiro atoms. The summed E-state index contributed by atoms with van der Waals surface area (Å²) in [6.45, 7) is 1.38. The van der Waals surface area contributed by atoms with E-state index in [0.717, 1.165) is 32.1 Å². The van der Waals surface area contributed by atoms with Crippen molar-refractivity contribution in [1.29, 1.82) is 0 Å². The second-order valence-electron chi connectivity index (χ2n) is 4.19. The van der Waals surface area contributed by atoms with Crippen LogP contribution in [0.15, 0.2) is 0 Å². The monoisotopic (exact) mass is 214 g/mol. The summed E-state index contributed by atoms with van der Waals surface area (Å²) in [6.07, 6.45) is 5.08. The number of hydrogen-bond acceptors (Lipinski definition) is 3. The fourth-order valence-electron chi connectivity index (χ4n) is 2.04. The molecule has 0 aromatic heterocycles. The number of methoxy groups -OCH3 is 1. The van der Waals surface area contributed by atoms with E-state index in [4.69, 9.17) is 10.5 Å². The van der Waals surface area contributed by atoms with Gasteiger partial charge in [-0.25, -0.2) is 0 Å². The van der Waals surface area contributed by atoms with E-state index in [9.17, 15) is 4.79 Å². The smallest absolute Gasteiger partial charge is 0.224 e. The van der Waals surface area contributed by atoms with E-state index in [1.165, 1.54) is 0 Å². The topological polar surface area (TPSA) is 64.3 Å². The van der Waals surface area contributed by atoms with Crippen molar-refractivity contribution in [1.82, 2.24) is 5.32 Å². The van der Waals surface area contributed by atoms with Gasteiger partial charge in [-0.15, -0.1) is 0 Å². The second-order valence-corrected chi connectivity index (χ2v) is 4.19. The van der Waals surface area contributed by atoms with Crippen LogP contribution < -0.4 is 11.1 Å². The zero-order valence-electron chi connectivity index (χ0n) is 9.50. The van der Waals surface area contributed by atoms with Gasteiger partial charge in [0.15, 0.2) is 0 Å². The quantitative estimate of drug-likeness (QED) is 0.661. The Hall–Kier alpha value is -0.610. The van der Waals surface area contributed by atoms with E-state index in [1.54, 1.807) is 7.11 Å². The van der Waals surface area contributed by atoms with Gasteiger partial charge >= 0.3 is 0 Å². The highest BCUT2D eigenvalue weighted by Gasteiger charge is 2.27. The fraction of sp³-hybridized carbons (Fsp3) is 0.909. The van der Waals surface area contributed by atoms with E-state index in [-0.39, 0.29) is 17.9 Å². The Bertz CT molecular complexity index is 197. The molecule has 2 atom stereocenters. The Kier molecular flexibility index (Phi) is 5.65. The normalized spacial score (nSPS) is 26.3. The van der Waals surface area contributed by atoms with Crippen LogP contribution in [0.3, 0.4) is 0 Å². The van der Waals surface area contributed by atoms with Crippen LogP contribution in [0, 0.1) is 5.92 Å². The van der Waals surface area contributed by atoms with Crippen LogP contribution >= 0.6 is 0 Å². The first-order chi connectivity index (χ1) is 7.25. The Balaban J connectivity index is 2.20. The lowest BCUT2D eigenvalue weighted by molar-refractivity contribution is -0.126. The molecule has 1 rings (SSSR count). The summed E-state index contributed by atoms with van der Waals surface area (Å²) in [4.78, 5) is 11.7. The van der Waals surface area contributed by atoms with Crippen molar-refractivity contribution in [2.24, 2.45) is 11.7 Å². The third-order valence-electron chi connectivity index (χ3n) is 2.98. The molecule has 0 aromatic rings. The van der Waals surface area contributed by atoms with Gasteiger partial charge in [0.1, 0.15) is 0 Å². The number of carbonyl (C=O) groups excluding carboxylic acids is 1. The number of nitrogens with two attached hydrogens (primary N) is 1. The molecule has 1 amide bonds. The van der Waals surface area contributed by atoms with Crippen molar-refractivity contribution in [3.8, 4) is 0 Å². The molecule has 3 N–H and O–H groups in total. The maximum absolute atomic E-state index is 11.7. The third-order valence-corrected chi connectivity index (χ3v) is 2.98. The molecule has 0 saturated heterocycles. The zero-order valence-corrected chi connectivity index (χ0v) is 9.50. The molecule has 15 heavy (non-hydrogen) atoms. The summed E-state index contributed by atoms with van der Waals surface area (Å²) in [5.74, 6) is 0.152. The molecular weight excluding hydrogens is 192 g/mol. The Morgan fingerprint density at radius 3 is 2.87 bits per heavy atom. The van der Waals surface area contributed by atoms with E-state index in [1.807, 2.05) is 0 Å². The minimum atomic E-state index is 0.0290. The molecule has 1 fully saturated rings. The largest absolute Gasteiger partial charge is 0.385 e. The van der Waals surface area contributed by atoms with E-state index in [2.05, 4.69) is 5.32 Å². The van der Waals surface area contributed by atoms with Crippen LogP contribution in [0.4, 0.5) is 0 Å². The summed E-state index contributed by atoms with van der Waals surface area (Å²) in [5.41, 5.74) is 5.92. The van der Waals surface area contributed by atoms with E-state index >= 15 is 0 Å². The number of rotatable bonds is 5. The first-order valence-corrected chi connectivity index (χ1v) is 5.78. The molecule has 0 aliphatic heterocycles. The maximum atomic E-state index is 11.7. The summed E-state index contributed by atoms with van der Waals surface area (Å²) in [7, 11) is 1.67. The number of nitrogens with one attached hydrogen (secondary N) is 1. The highest BCUT2D eigenvalue weighted by Crippen LogP contribution is 2.22. The van der Waals surface area contributed by atoms with Gasteiger partial charge in [0.05, 0.1) is 5.92 Å². The molecule has 1 saturated carbocycles. The molecule has 88 valence electrons. The molecule has 0 radical (unpaired) electrons. The minimum absolute atomic E-state index is 0.0290. The molecule has 1 aliphatic rings. The SMILES string of the molecule is COCCCNC(=O)C1CCCCC1N. The standard InChI is InChI=1S/C11H22N2O2/c1-15-8-4-7-13-11(14)9-5-2-3-6-10(9)12/h9-10H,2-8,12H2,1H3,(H,13,14). The Labute approximate surface area is 91.5 Å². The van der Waals surface area contributed by atoms with Crippen molar-refractivity contribution in [2.45, 2.75) is 38.1 Å². The molecule has 1 aliphatic carbocycles. The summed E-state index contributed by atoms with van der Waals surface area (Å²) in [6, 6.07) is 0.0566. The van der Waals surface area contributed by atoms with Crippen LogP contribution in [-0.2, 0) is 9.53 Å². The lowest BCUT2D eigenvalue weighted by Gasteiger charge is -2.27. The number of amides is 1. The number of hydrogen-bond donors (Lipinski definition) is 2. The lowest BCUT2D eigenvalue weighted by Crippen LogP contribution is -2.44. The Morgan fingerprint density at radius 2 is 2.20 bits per heavy atom. The van der Waals surface area contributed by atoms with Crippen LogP contribution in [0.1, 0.15) is 32.1 Å². The predicted molar refractivity (Wildman–Crippen MR) is 59.4 cm³/mol. The second kappa shape index (κ2) is 6.80. The number of ether oxygens (including phenoxy) is 1. The maximum Gasteiger partial charge on any atom is 0.224 e. The summed E-state index contributed by atoms with van der Waals surface area (Å²) < 4.78 is 4.91. The minimum Gasteiger partial charge on any atom is -0.385 e. The van der Waals surface area contributed by atoms with Gasteiger partial charge in [0.2, 0.25) is 5.91 Å². The summed E-state index contributed by atoms with van der Waals surface area (Å²) in [5, 5.41) is 2.92. The molecular formula is C11H22N2O2. The summed E-state index contributed by atoms with van der Waals surface area (Å²) >= 11 is 0. The van der Waals surface area contributed by atoms with Crippen LogP contribution in [-0.4, -0.2) is 32.2 Å². The van der Waals surface area contributed by atoms with Crippen molar-refractivity contribution < 1.29 is 9.53 Å². The van der Waals surface area contributed by atoms with Crippen molar-refractivity contribution >= 4 is 5.91 Å². The van der Waals surface area contributed by atoms with Crippen LogP contribution in [0.25, 0.3) is 0 Å². The average molecular weight is 214 g/mol. The predicted octanol–water partition coefficient (Wildman–Crippen LogP) is 0.657. The molecule has 0 heterocycles. The van der Waals surface area contributed by atoms with Crippen molar-refractivity contribution in [3.63, 3.8) is 0 Å². The lowest BCUT2D eigenvalue weighted by atomic mass is 9.84. The fourth-order valence-corrected chi connectivity index (χ4v) is 2.04. The van der Waals surface area contributed by atoms with Gasteiger partial charge < -0.3 is 15.8 Å². The highest BCUT2D eigenvalue weighted by molar-refractivity contribution is 5.79. The van der Waals surface area contributed by atoms with Gasteiger partial charge in [0, 0.05) is 26.3 Å². The van der Waals surface area contributed by atoms with Gasteiger partial charge in [-0.05, 0) is 19.3 Å². The van der Waals surface area contributed by atoms with E-state index < -0.39 is 0 Å². The number of carbonyl (C=O) groups is 1. The van der Waals surface area contributed by atoms with E-state index in [0.29, 0.717) is 13.2 Å².